The topological polar surface area (TPSA) is 12.9 Å². The molecule has 0 saturated carbocycles. The summed E-state index contributed by atoms with van der Waals surface area (Å²) in [6, 6.07) is 35.7. The van der Waals surface area contributed by atoms with Crippen LogP contribution in [0.4, 0.5) is 0 Å². The van der Waals surface area contributed by atoms with Gasteiger partial charge in [0.25, 0.3) is 0 Å². The normalized spacial score (nSPS) is 12.2. The predicted octanol–water partition coefficient (Wildman–Crippen LogP) is 9.62. The number of pyridine rings is 1. The SMILES string of the molecule is CC(C)Cc1cc(-c2ccc3c4ccccc4c4cc(-c5ccccc5)ccc4c3c2)nc[c]1[Ge]([CH3])([CH3])[CH3]. The fourth-order valence-corrected chi connectivity index (χ4v) is 9.20. The first-order valence-electron chi connectivity index (χ1n) is 13.7. The van der Waals surface area contributed by atoms with Crippen LogP contribution in [0.2, 0.25) is 17.3 Å². The van der Waals surface area contributed by atoms with Crippen LogP contribution in [0.3, 0.4) is 0 Å². The number of hydrogen-bond donors (Lipinski definition) is 0. The minimum absolute atomic E-state index is 0.625. The third-order valence-electron chi connectivity index (χ3n) is 7.67. The Morgan fingerprint density at radius 3 is 1.79 bits per heavy atom. The predicted molar refractivity (Wildman–Crippen MR) is 169 cm³/mol. The molecule has 6 aromatic rings. The van der Waals surface area contributed by atoms with Gasteiger partial charge in [-0.25, -0.2) is 0 Å². The quantitative estimate of drug-likeness (QED) is 0.153. The minimum atomic E-state index is -2.02. The molecule has 2 heteroatoms. The van der Waals surface area contributed by atoms with Crippen molar-refractivity contribution in [2.24, 2.45) is 5.92 Å². The van der Waals surface area contributed by atoms with Gasteiger partial charge < -0.3 is 0 Å². The van der Waals surface area contributed by atoms with Gasteiger partial charge in [0.1, 0.15) is 0 Å². The van der Waals surface area contributed by atoms with Crippen molar-refractivity contribution < 1.29 is 0 Å². The Balaban J connectivity index is 1.59. The average Bonchev–Trinajstić information content (AvgIpc) is 2.92. The van der Waals surface area contributed by atoms with Crippen LogP contribution >= 0.6 is 0 Å². The van der Waals surface area contributed by atoms with Gasteiger partial charge in [-0.1, -0.05) is 30.3 Å². The van der Waals surface area contributed by atoms with Crippen molar-refractivity contribution in [3.63, 3.8) is 0 Å². The fraction of sp³-hybridized carbons (Fsp3) is 0.194. The Bertz CT molecular complexity index is 1790. The standard InChI is InChI=1S/C36H35GeN/c1-24(2)19-28-22-36(38-23-35(28)37(3,4)5)27-16-18-31-29-13-9-10-14-30(29)33-20-26(25-11-7-6-8-12-25)15-17-32(33)34(31)21-27/h6-18,20-24H,19H2,1-5H3. The van der Waals surface area contributed by atoms with E-state index in [1.807, 2.05) is 0 Å². The molecule has 0 spiro atoms. The molecule has 0 aliphatic carbocycles. The molecule has 0 bridgehead atoms. The zero-order chi connectivity index (χ0) is 26.4. The number of rotatable bonds is 5. The summed E-state index contributed by atoms with van der Waals surface area (Å²) in [7, 11) is 0. The maximum absolute atomic E-state index is 5.03. The second-order valence-corrected chi connectivity index (χ2v) is 22.6. The number of hydrogen-bond acceptors (Lipinski definition) is 1. The van der Waals surface area contributed by atoms with E-state index in [0.717, 1.165) is 12.1 Å². The Morgan fingerprint density at radius 1 is 0.579 bits per heavy atom. The molecule has 0 aliphatic heterocycles. The van der Waals surface area contributed by atoms with Gasteiger partial charge in [-0.05, 0) is 0 Å². The summed E-state index contributed by atoms with van der Waals surface area (Å²) >= 11 is -2.02. The molecule has 0 atom stereocenters. The third-order valence-corrected chi connectivity index (χ3v) is 12.0. The zero-order valence-corrected chi connectivity index (χ0v) is 25.1. The number of benzene rings is 5. The molecule has 0 N–H and O–H groups in total. The summed E-state index contributed by atoms with van der Waals surface area (Å²) in [6.45, 7) is 4.63. The van der Waals surface area contributed by atoms with Gasteiger partial charge in [0.15, 0.2) is 0 Å². The Labute approximate surface area is 228 Å². The average molecular weight is 554 g/mol. The zero-order valence-electron chi connectivity index (χ0n) is 23.0. The van der Waals surface area contributed by atoms with Crippen LogP contribution in [0.15, 0.2) is 103 Å². The first-order valence-corrected chi connectivity index (χ1v) is 21.1. The van der Waals surface area contributed by atoms with E-state index in [-0.39, 0.29) is 0 Å². The summed E-state index contributed by atoms with van der Waals surface area (Å²) in [5.74, 6) is 8.03. The molecule has 0 unspecified atom stereocenters. The number of nitrogens with zero attached hydrogens (tertiary/aromatic N) is 1. The van der Waals surface area contributed by atoms with E-state index >= 15 is 0 Å². The van der Waals surface area contributed by atoms with Gasteiger partial charge in [0.05, 0.1) is 0 Å². The van der Waals surface area contributed by atoms with Crippen LogP contribution in [0.25, 0.3) is 54.7 Å². The number of fused-ring (bicyclic) bond motifs is 6. The summed E-state index contributed by atoms with van der Waals surface area (Å²) in [4.78, 5) is 5.03. The molecule has 1 nitrogen and oxygen atoms in total. The molecule has 6 rings (SSSR count). The van der Waals surface area contributed by atoms with Crippen LogP contribution in [0.5, 0.6) is 0 Å². The molecule has 0 saturated heterocycles. The second-order valence-electron chi connectivity index (χ2n) is 12.0. The summed E-state index contributed by atoms with van der Waals surface area (Å²) in [5, 5.41) is 7.80. The van der Waals surface area contributed by atoms with Crippen LogP contribution in [0.1, 0.15) is 19.4 Å². The van der Waals surface area contributed by atoms with E-state index in [2.05, 4.69) is 134 Å². The maximum atomic E-state index is 5.03. The van der Waals surface area contributed by atoms with Crippen molar-refractivity contribution in [2.75, 3.05) is 0 Å². The van der Waals surface area contributed by atoms with Crippen LogP contribution < -0.4 is 4.40 Å². The second kappa shape index (κ2) is 9.71. The van der Waals surface area contributed by atoms with Gasteiger partial charge in [-0.15, -0.1) is 0 Å². The van der Waals surface area contributed by atoms with Crippen molar-refractivity contribution in [3.05, 3.63) is 109 Å². The van der Waals surface area contributed by atoms with Crippen molar-refractivity contribution in [3.8, 4) is 22.4 Å². The monoisotopic (exact) mass is 555 g/mol. The molecule has 5 aromatic carbocycles. The summed E-state index contributed by atoms with van der Waals surface area (Å²) in [6.07, 6.45) is 3.30. The van der Waals surface area contributed by atoms with E-state index < -0.39 is 13.3 Å². The Kier molecular flexibility index (Phi) is 6.36. The summed E-state index contributed by atoms with van der Waals surface area (Å²) < 4.78 is 1.54. The van der Waals surface area contributed by atoms with Crippen LogP contribution in [-0.4, -0.2) is 18.3 Å². The van der Waals surface area contributed by atoms with Gasteiger partial charge >= 0.3 is 199 Å². The first kappa shape index (κ1) is 24.9. The number of aromatic nitrogens is 1. The van der Waals surface area contributed by atoms with E-state index in [9.17, 15) is 0 Å². The van der Waals surface area contributed by atoms with Crippen molar-refractivity contribution in [2.45, 2.75) is 37.5 Å². The third kappa shape index (κ3) is 4.54. The first-order chi connectivity index (χ1) is 18.3. The molecule has 38 heavy (non-hydrogen) atoms. The van der Waals surface area contributed by atoms with Gasteiger partial charge in [0.2, 0.25) is 0 Å². The molecule has 0 aliphatic rings. The molecule has 0 fully saturated rings. The van der Waals surface area contributed by atoms with Crippen LogP contribution in [-0.2, 0) is 6.42 Å². The van der Waals surface area contributed by atoms with E-state index in [1.54, 1.807) is 0 Å². The molecule has 0 radical (unpaired) electrons. The molecular formula is C36H35GeN. The molecule has 1 heterocycles. The van der Waals surface area contributed by atoms with Gasteiger partial charge in [0, 0.05) is 0 Å². The Morgan fingerprint density at radius 2 is 1.13 bits per heavy atom. The van der Waals surface area contributed by atoms with E-state index in [4.69, 9.17) is 4.98 Å². The fourth-order valence-electron chi connectivity index (χ4n) is 5.87. The summed E-state index contributed by atoms with van der Waals surface area (Å²) in [5.41, 5.74) is 6.27. The van der Waals surface area contributed by atoms with E-state index in [1.165, 1.54) is 59.0 Å². The van der Waals surface area contributed by atoms with Crippen LogP contribution in [0, 0.1) is 5.92 Å². The van der Waals surface area contributed by atoms with Crippen molar-refractivity contribution >= 4 is 50.0 Å². The van der Waals surface area contributed by atoms with Crippen molar-refractivity contribution in [1.29, 1.82) is 0 Å². The Hall–Kier alpha value is -3.43. The van der Waals surface area contributed by atoms with Gasteiger partial charge in [-0.3, -0.25) is 0 Å². The van der Waals surface area contributed by atoms with Crippen molar-refractivity contribution in [1.82, 2.24) is 4.98 Å². The van der Waals surface area contributed by atoms with E-state index in [0.29, 0.717) is 5.92 Å². The molecule has 1 aromatic heterocycles. The van der Waals surface area contributed by atoms with Gasteiger partial charge in [-0.2, -0.15) is 0 Å². The molecule has 0 amide bonds. The molecule has 188 valence electrons. The molecular weight excluding hydrogens is 519 g/mol.